The van der Waals surface area contributed by atoms with E-state index in [1.54, 1.807) is 24.0 Å². The SMILES string of the molecule is Clc1cc(Cl)c(CSc2nnc3n2CCCCC3)cn1. The highest BCUT2D eigenvalue weighted by Crippen LogP contribution is 2.28. The minimum atomic E-state index is 0.417. The number of aromatic nitrogens is 4. The molecule has 1 aliphatic rings. The van der Waals surface area contributed by atoms with Crippen LogP contribution in [0.15, 0.2) is 17.4 Å². The Balaban J connectivity index is 1.74. The van der Waals surface area contributed by atoms with Crippen molar-refractivity contribution in [1.29, 1.82) is 0 Å². The Hall–Kier alpha value is -0.780. The van der Waals surface area contributed by atoms with Gasteiger partial charge in [0.1, 0.15) is 11.0 Å². The van der Waals surface area contributed by atoms with Crippen LogP contribution in [0.2, 0.25) is 10.2 Å². The number of fused-ring (bicyclic) bond motifs is 1. The molecule has 0 bridgehead atoms. The van der Waals surface area contributed by atoms with Crippen LogP contribution in [0.1, 0.15) is 30.7 Å². The molecule has 2 aromatic rings. The lowest BCUT2D eigenvalue weighted by molar-refractivity contribution is 0.591. The summed E-state index contributed by atoms with van der Waals surface area (Å²) in [6.07, 6.45) is 6.41. The first kappa shape index (κ1) is 14.2. The molecule has 3 rings (SSSR count). The second-order valence-electron chi connectivity index (χ2n) is 4.75. The van der Waals surface area contributed by atoms with Crippen LogP contribution in [-0.4, -0.2) is 19.7 Å². The standard InChI is InChI=1S/C13H14Cl2N4S/c14-10-6-11(15)16-7-9(10)8-20-13-18-17-12-4-2-1-3-5-19(12)13/h6-7H,1-5,8H2. The van der Waals surface area contributed by atoms with Crippen LogP contribution < -0.4 is 0 Å². The second kappa shape index (κ2) is 6.33. The van der Waals surface area contributed by atoms with E-state index in [0.717, 1.165) is 35.3 Å². The summed E-state index contributed by atoms with van der Waals surface area (Å²) in [5, 5.41) is 10.6. The van der Waals surface area contributed by atoms with E-state index in [-0.39, 0.29) is 0 Å². The van der Waals surface area contributed by atoms with Crippen molar-refractivity contribution < 1.29 is 0 Å². The fourth-order valence-electron chi connectivity index (χ4n) is 2.25. The monoisotopic (exact) mass is 328 g/mol. The zero-order valence-corrected chi connectivity index (χ0v) is 13.2. The van der Waals surface area contributed by atoms with Crippen LogP contribution in [0.4, 0.5) is 0 Å². The Morgan fingerprint density at radius 1 is 1.20 bits per heavy atom. The van der Waals surface area contributed by atoms with Crippen molar-refractivity contribution in [2.45, 2.75) is 43.1 Å². The van der Waals surface area contributed by atoms with Gasteiger partial charge in [0.15, 0.2) is 5.16 Å². The average molecular weight is 329 g/mol. The van der Waals surface area contributed by atoms with E-state index in [1.165, 1.54) is 19.3 Å². The van der Waals surface area contributed by atoms with Gasteiger partial charge >= 0.3 is 0 Å². The highest BCUT2D eigenvalue weighted by Gasteiger charge is 2.15. The third-order valence-corrected chi connectivity index (χ3v) is 4.90. The maximum absolute atomic E-state index is 6.16. The predicted octanol–water partition coefficient (Wildman–Crippen LogP) is 4.00. The first-order valence-corrected chi connectivity index (χ1v) is 8.33. The van der Waals surface area contributed by atoms with Crippen LogP contribution in [-0.2, 0) is 18.7 Å². The molecule has 20 heavy (non-hydrogen) atoms. The van der Waals surface area contributed by atoms with Crippen molar-refractivity contribution >= 4 is 35.0 Å². The Kier molecular flexibility index (Phi) is 4.48. The van der Waals surface area contributed by atoms with E-state index in [4.69, 9.17) is 23.2 Å². The molecule has 0 aliphatic carbocycles. The smallest absolute Gasteiger partial charge is 0.191 e. The number of pyridine rings is 1. The van der Waals surface area contributed by atoms with Crippen molar-refractivity contribution in [3.05, 3.63) is 33.8 Å². The van der Waals surface area contributed by atoms with E-state index in [9.17, 15) is 0 Å². The van der Waals surface area contributed by atoms with Crippen LogP contribution in [0.25, 0.3) is 0 Å². The van der Waals surface area contributed by atoms with Gasteiger partial charge in [0.2, 0.25) is 0 Å². The molecule has 0 amide bonds. The van der Waals surface area contributed by atoms with E-state index in [1.807, 2.05) is 0 Å². The molecule has 7 heteroatoms. The molecule has 0 spiro atoms. The van der Waals surface area contributed by atoms with Gasteiger partial charge in [0.25, 0.3) is 0 Å². The first-order chi connectivity index (χ1) is 9.74. The van der Waals surface area contributed by atoms with Gasteiger partial charge < -0.3 is 4.57 Å². The minimum absolute atomic E-state index is 0.417. The van der Waals surface area contributed by atoms with Gasteiger partial charge in [-0.1, -0.05) is 41.4 Å². The molecule has 106 valence electrons. The van der Waals surface area contributed by atoms with Crippen molar-refractivity contribution in [2.75, 3.05) is 0 Å². The van der Waals surface area contributed by atoms with Crippen molar-refractivity contribution in [3.63, 3.8) is 0 Å². The Morgan fingerprint density at radius 2 is 2.10 bits per heavy atom. The van der Waals surface area contributed by atoms with Gasteiger partial charge in [0.05, 0.1) is 0 Å². The summed E-state index contributed by atoms with van der Waals surface area (Å²) in [6, 6.07) is 1.67. The van der Waals surface area contributed by atoms with Gasteiger partial charge in [0, 0.05) is 29.9 Å². The van der Waals surface area contributed by atoms with Crippen LogP contribution in [0.3, 0.4) is 0 Å². The summed E-state index contributed by atoms with van der Waals surface area (Å²) in [6.45, 7) is 1.01. The molecule has 3 heterocycles. The maximum atomic E-state index is 6.16. The first-order valence-electron chi connectivity index (χ1n) is 6.59. The van der Waals surface area contributed by atoms with Gasteiger partial charge in [-0.2, -0.15) is 0 Å². The number of hydrogen-bond acceptors (Lipinski definition) is 4. The predicted molar refractivity (Wildman–Crippen MR) is 81.4 cm³/mol. The van der Waals surface area contributed by atoms with Crippen molar-refractivity contribution in [1.82, 2.24) is 19.7 Å². The quantitative estimate of drug-likeness (QED) is 0.631. The zero-order chi connectivity index (χ0) is 13.9. The summed E-state index contributed by atoms with van der Waals surface area (Å²) in [5.41, 5.74) is 0.965. The van der Waals surface area contributed by atoms with Crippen LogP contribution >= 0.6 is 35.0 Å². The number of thioether (sulfide) groups is 1. The molecule has 0 fully saturated rings. The van der Waals surface area contributed by atoms with E-state index >= 15 is 0 Å². The molecule has 4 nitrogen and oxygen atoms in total. The number of rotatable bonds is 3. The van der Waals surface area contributed by atoms with Crippen LogP contribution in [0, 0.1) is 0 Å². The summed E-state index contributed by atoms with van der Waals surface area (Å²) < 4.78 is 2.23. The summed E-state index contributed by atoms with van der Waals surface area (Å²) in [4.78, 5) is 4.07. The van der Waals surface area contributed by atoms with Crippen molar-refractivity contribution in [3.8, 4) is 0 Å². The second-order valence-corrected chi connectivity index (χ2v) is 6.49. The molecule has 0 radical (unpaired) electrons. The fourth-order valence-corrected chi connectivity index (χ4v) is 3.73. The van der Waals surface area contributed by atoms with E-state index < -0.39 is 0 Å². The van der Waals surface area contributed by atoms with Crippen LogP contribution in [0.5, 0.6) is 0 Å². The zero-order valence-electron chi connectivity index (χ0n) is 10.9. The molecule has 1 aliphatic heterocycles. The van der Waals surface area contributed by atoms with Crippen molar-refractivity contribution in [2.24, 2.45) is 0 Å². The Bertz CT molecular complexity index is 614. The molecule has 0 N–H and O–H groups in total. The summed E-state index contributed by atoms with van der Waals surface area (Å²) in [7, 11) is 0. The summed E-state index contributed by atoms with van der Waals surface area (Å²) in [5.74, 6) is 1.83. The topological polar surface area (TPSA) is 43.6 Å². The Morgan fingerprint density at radius 3 is 2.95 bits per heavy atom. The molecular formula is C13H14Cl2N4S. The molecule has 0 saturated carbocycles. The number of nitrogens with zero attached hydrogens (tertiary/aromatic N) is 4. The number of aryl methyl sites for hydroxylation is 1. The molecule has 0 unspecified atom stereocenters. The molecule has 0 aromatic carbocycles. The van der Waals surface area contributed by atoms with E-state index in [0.29, 0.717) is 10.2 Å². The lowest BCUT2D eigenvalue weighted by atomic mass is 10.2. The van der Waals surface area contributed by atoms with E-state index in [2.05, 4.69) is 19.7 Å². The van der Waals surface area contributed by atoms with Gasteiger partial charge in [-0.05, 0) is 24.5 Å². The molecule has 2 aromatic heterocycles. The number of hydrogen-bond donors (Lipinski definition) is 0. The largest absolute Gasteiger partial charge is 0.306 e. The fraction of sp³-hybridized carbons (Fsp3) is 0.462. The molecule has 0 saturated heterocycles. The molecular weight excluding hydrogens is 315 g/mol. The Labute approximate surface area is 131 Å². The molecule has 0 atom stereocenters. The highest BCUT2D eigenvalue weighted by molar-refractivity contribution is 7.98. The third kappa shape index (κ3) is 3.10. The lowest BCUT2D eigenvalue weighted by Crippen LogP contribution is -2.02. The summed E-state index contributed by atoms with van der Waals surface area (Å²) >= 11 is 13.6. The minimum Gasteiger partial charge on any atom is -0.306 e. The highest BCUT2D eigenvalue weighted by atomic mass is 35.5. The third-order valence-electron chi connectivity index (χ3n) is 3.33. The average Bonchev–Trinajstić information content (AvgIpc) is 2.66. The van der Waals surface area contributed by atoms with Gasteiger partial charge in [-0.3, -0.25) is 0 Å². The normalized spacial score (nSPS) is 14.9. The maximum Gasteiger partial charge on any atom is 0.191 e. The lowest BCUT2D eigenvalue weighted by Gasteiger charge is -2.07. The van der Waals surface area contributed by atoms with Gasteiger partial charge in [-0.25, -0.2) is 4.98 Å². The van der Waals surface area contributed by atoms with Gasteiger partial charge in [-0.15, -0.1) is 10.2 Å². The number of halogens is 2.